The molecule has 1 atom stereocenters. The van der Waals surface area contributed by atoms with E-state index in [-0.39, 0.29) is 10.6 Å². The third kappa shape index (κ3) is 2.50. The van der Waals surface area contributed by atoms with Gasteiger partial charge in [0, 0.05) is 19.9 Å². The van der Waals surface area contributed by atoms with Crippen LogP contribution in [-0.4, -0.2) is 0 Å². The van der Waals surface area contributed by atoms with Crippen LogP contribution in [0.15, 0.2) is 34.1 Å². The van der Waals surface area contributed by atoms with E-state index in [1.54, 1.807) is 23.5 Å². The lowest BCUT2D eigenvalue weighted by atomic mass is 10.1. The molecule has 0 nitrogen and oxygen atoms in total. The second kappa shape index (κ2) is 5.17. The van der Waals surface area contributed by atoms with Crippen molar-refractivity contribution in [3.8, 4) is 0 Å². The molecule has 0 aliphatic carbocycles. The maximum Gasteiger partial charge on any atom is 0.128 e. The van der Waals surface area contributed by atoms with Crippen molar-refractivity contribution in [1.29, 1.82) is 0 Å². The molecule has 0 saturated carbocycles. The first kappa shape index (κ1) is 12.6. The number of hydrogen-bond acceptors (Lipinski definition) is 1. The molecule has 2 aromatic rings. The summed E-state index contributed by atoms with van der Waals surface area (Å²) >= 11 is 14.4. The first-order valence-electron chi connectivity index (χ1n) is 4.41. The molecule has 0 amide bonds. The van der Waals surface area contributed by atoms with Crippen LogP contribution in [0.3, 0.4) is 0 Å². The minimum absolute atomic E-state index is 0.180. The van der Waals surface area contributed by atoms with Gasteiger partial charge in [0.25, 0.3) is 0 Å². The van der Waals surface area contributed by atoms with Crippen molar-refractivity contribution in [2.45, 2.75) is 4.83 Å². The maximum absolute atomic E-state index is 13.6. The lowest BCUT2D eigenvalue weighted by Crippen LogP contribution is -1.94. The molecule has 16 heavy (non-hydrogen) atoms. The van der Waals surface area contributed by atoms with Crippen LogP contribution in [0.2, 0.25) is 5.02 Å². The van der Waals surface area contributed by atoms with Crippen molar-refractivity contribution in [3.63, 3.8) is 0 Å². The van der Waals surface area contributed by atoms with Gasteiger partial charge in [0.05, 0.1) is 4.83 Å². The number of thiophene rings is 1. The zero-order chi connectivity index (χ0) is 11.7. The molecule has 0 saturated heterocycles. The van der Waals surface area contributed by atoms with Crippen molar-refractivity contribution >= 4 is 54.8 Å². The molecule has 1 aromatic carbocycles. The van der Waals surface area contributed by atoms with Crippen molar-refractivity contribution in [3.05, 3.63) is 55.4 Å². The molecule has 2 rings (SSSR count). The van der Waals surface area contributed by atoms with Crippen LogP contribution >= 0.6 is 54.8 Å². The highest BCUT2D eigenvalue weighted by atomic mass is 79.9. The number of halogens is 4. The molecule has 0 bridgehead atoms. The van der Waals surface area contributed by atoms with Crippen LogP contribution in [0.25, 0.3) is 0 Å². The highest BCUT2D eigenvalue weighted by Gasteiger charge is 2.18. The molecule has 5 heteroatoms. The topological polar surface area (TPSA) is 0 Å². The Morgan fingerprint density at radius 2 is 2.06 bits per heavy atom. The summed E-state index contributed by atoms with van der Waals surface area (Å²) in [6.45, 7) is 0. The van der Waals surface area contributed by atoms with E-state index in [1.807, 2.05) is 11.4 Å². The summed E-state index contributed by atoms with van der Waals surface area (Å²) in [6.07, 6.45) is 0. The lowest BCUT2D eigenvalue weighted by molar-refractivity contribution is 0.614. The summed E-state index contributed by atoms with van der Waals surface area (Å²) in [5.41, 5.74) is 0.552. The fourth-order valence-corrected chi connectivity index (χ4v) is 4.34. The molecule has 1 heterocycles. The van der Waals surface area contributed by atoms with E-state index in [2.05, 4.69) is 31.9 Å². The standard InChI is InChI=1S/C11H6Br2ClFS/c12-8-3-4-16-11(8)10(13)7-5-6(14)1-2-9(7)15/h1-5,10H. The third-order valence-corrected chi connectivity index (χ3v) is 5.53. The van der Waals surface area contributed by atoms with Gasteiger partial charge in [0.15, 0.2) is 0 Å². The fourth-order valence-electron chi connectivity index (χ4n) is 1.34. The highest BCUT2D eigenvalue weighted by Crippen LogP contribution is 2.40. The van der Waals surface area contributed by atoms with E-state index in [4.69, 9.17) is 11.6 Å². The number of benzene rings is 1. The zero-order valence-corrected chi connectivity index (χ0v) is 12.6. The number of hydrogen-bond donors (Lipinski definition) is 0. The quantitative estimate of drug-likeness (QED) is 0.575. The maximum atomic E-state index is 13.6. The van der Waals surface area contributed by atoms with Gasteiger partial charge in [-0.2, -0.15) is 0 Å². The summed E-state index contributed by atoms with van der Waals surface area (Å²) in [5.74, 6) is -0.258. The first-order valence-corrected chi connectivity index (χ1v) is 7.38. The van der Waals surface area contributed by atoms with Crippen molar-refractivity contribution in [1.82, 2.24) is 0 Å². The summed E-state index contributed by atoms with van der Waals surface area (Å²) in [4.78, 5) is 0.849. The molecular weight excluding hydrogens is 378 g/mol. The molecule has 0 aliphatic heterocycles. The number of alkyl halides is 1. The van der Waals surface area contributed by atoms with Gasteiger partial charge in [0.2, 0.25) is 0 Å². The van der Waals surface area contributed by atoms with E-state index in [0.717, 1.165) is 9.35 Å². The average Bonchev–Trinajstić information content (AvgIpc) is 2.67. The second-order valence-electron chi connectivity index (χ2n) is 3.16. The Morgan fingerprint density at radius 3 is 2.69 bits per heavy atom. The van der Waals surface area contributed by atoms with Crippen LogP contribution in [0.1, 0.15) is 15.3 Å². The van der Waals surface area contributed by atoms with Crippen LogP contribution in [0.4, 0.5) is 4.39 Å². The van der Waals surface area contributed by atoms with Crippen molar-refractivity contribution < 1.29 is 4.39 Å². The van der Waals surface area contributed by atoms with Crippen molar-refractivity contribution in [2.24, 2.45) is 0 Å². The Bertz CT molecular complexity index is 512. The molecule has 0 aliphatic rings. The van der Waals surface area contributed by atoms with Gasteiger partial charge in [-0.1, -0.05) is 27.5 Å². The van der Waals surface area contributed by atoms with E-state index in [0.29, 0.717) is 10.6 Å². The van der Waals surface area contributed by atoms with Crippen LogP contribution in [-0.2, 0) is 0 Å². The Balaban J connectivity index is 2.45. The Kier molecular flexibility index (Phi) is 4.06. The Hall–Kier alpha value is 0.1000. The van der Waals surface area contributed by atoms with Gasteiger partial charge in [0.1, 0.15) is 5.82 Å². The number of rotatable bonds is 2. The molecule has 1 unspecified atom stereocenters. The van der Waals surface area contributed by atoms with Gasteiger partial charge < -0.3 is 0 Å². The normalized spacial score (nSPS) is 12.8. The molecule has 0 radical (unpaired) electrons. The zero-order valence-electron chi connectivity index (χ0n) is 7.88. The van der Waals surface area contributed by atoms with Gasteiger partial charge in [-0.3, -0.25) is 0 Å². The minimum Gasteiger partial charge on any atom is -0.207 e. The summed E-state index contributed by atoms with van der Waals surface area (Å²) in [7, 11) is 0. The smallest absolute Gasteiger partial charge is 0.128 e. The minimum atomic E-state index is -0.258. The molecule has 0 spiro atoms. The van der Waals surface area contributed by atoms with Crippen LogP contribution < -0.4 is 0 Å². The molecule has 0 fully saturated rings. The molecule has 84 valence electrons. The fraction of sp³-hybridized carbons (Fsp3) is 0.0909. The van der Waals surface area contributed by atoms with E-state index < -0.39 is 0 Å². The lowest BCUT2D eigenvalue weighted by Gasteiger charge is -2.10. The van der Waals surface area contributed by atoms with Gasteiger partial charge >= 0.3 is 0 Å². The van der Waals surface area contributed by atoms with Crippen LogP contribution in [0.5, 0.6) is 0 Å². The van der Waals surface area contributed by atoms with Crippen molar-refractivity contribution in [2.75, 3.05) is 0 Å². The van der Waals surface area contributed by atoms with E-state index in [1.165, 1.54) is 6.07 Å². The summed E-state index contributed by atoms with van der Waals surface area (Å²) < 4.78 is 14.6. The Labute approximate surface area is 119 Å². The second-order valence-corrected chi connectivity index (χ2v) is 6.32. The average molecular weight is 384 g/mol. The molecule has 0 N–H and O–H groups in total. The first-order chi connectivity index (χ1) is 7.59. The largest absolute Gasteiger partial charge is 0.207 e. The predicted octanol–water partition coefficient (Wildman–Crippen LogP) is 5.79. The van der Waals surface area contributed by atoms with Gasteiger partial charge in [-0.25, -0.2) is 4.39 Å². The summed E-state index contributed by atoms with van der Waals surface area (Å²) in [6, 6.07) is 6.51. The van der Waals surface area contributed by atoms with Crippen LogP contribution in [0, 0.1) is 5.82 Å². The summed E-state index contributed by atoms with van der Waals surface area (Å²) in [5, 5.41) is 2.49. The van der Waals surface area contributed by atoms with E-state index >= 15 is 0 Å². The molecule has 1 aromatic heterocycles. The van der Waals surface area contributed by atoms with Gasteiger partial charge in [-0.05, 0) is 45.6 Å². The predicted molar refractivity (Wildman–Crippen MR) is 74.2 cm³/mol. The van der Waals surface area contributed by atoms with Gasteiger partial charge in [-0.15, -0.1) is 11.3 Å². The molecular formula is C11H6Br2ClFS. The monoisotopic (exact) mass is 382 g/mol. The highest BCUT2D eigenvalue weighted by molar-refractivity contribution is 9.11. The SMILES string of the molecule is Fc1ccc(Cl)cc1C(Br)c1sccc1Br. The van der Waals surface area contributed by atoms with E-state index in [9.17, 15) is 4.39 Å². The third-order valence-electron chi connectivity index (χ3n) is 2.11. The Morgan fingerprint density at radius 1 is 1.31 bits per heavy atom.